The predicted molar refractivity (Wildman–Crippen MR) is 131 cm³/mol. The summed E-state index contributed by atoms with van der Waals surface area (Å²) in [4.78, 5) is 32.1. The van der Waals surface area contributed by atoms with E-state index in [-0.39, 0.29) is 24.1 Å². The highest BCUT2D eigenvalue weighted by Crippen LogP contribution is 2.30. The van der Waals surface area contributed by atoms with E-state index >= 15 is 0 Å². The van der Waals surface area contributed by atoms with Gasteiger partial charge in [-0.05, 0) is 60.5 Å². The normalized spacial score (nSPS) is 17.3. The maximum Gasteiger partial charge on any atom is 0.238 e. The first kappa shape index (κ1) is 23.0. The summed E-state index contributed by atoms with van der Waals surface area (Å²) < 4.78 is 13.3. The Bertz CT molecular complexity index is 1150. The largest absolute Gasteiger partial charge is 0.325 e. The smallest absolute Gasteiger partial charge is 0.238 e. The number of hydrogen-bond acceptors (Lipinski definition) is 4. The van der Waals surface area contributed by atoms with Gasteiger partial charge in [0.25, 0.3) is 0 Å². The van der Waals surface area contributed by atoms with Crippen molar-refractivity contribution in [1.82, 2.24) is 4.90 Å². The van der Waals surface area contributed by atoms with Crippen LogP contribution in [0.5, 0.6) is 0 Å². The number of amidine groups is 1. The van der Waals surface area contributed by atoms with Gasteiger partial charge in [-0.2, -0.15) is 0 Å². The molecule has 3 aromatic carbocycles. The SMILES string of the molecule is O=C(Nc1ccccc1)C1CC(=O)N(CCc2ccc(Cl)cc2)C(=Nc2ccc(F)cc2)S1. The lowest BCUT2D eigenvalue weighted by Gasteiger charge is -2.32. The summed E-state index contributed by atoms with van der Waals surface area (Å²) in [6.07, 6.45) is 0.666. The summed E-state index contributed by atoms with van der Waals surface area (Å²) in [6, 6.07) is 22.2. The van der Waals surface area contributed by atoms with Crippen molar-refractivity contribution in [1.29, 1.82) is 0 Å². The van der Waals surface area contributed by atoms with Gasteiger partial charge in [0.1, 0.15) is 11.1 Å². The average molecular weight is 482 g/mol. The summed E-state index contributed by atoms with van der Waals surface area (Å²) in [5.41, 5.74) is 2.20. The van der Waals surface area contributed by atoms with E-state index in [9.17, 15) is 14.0 Å². The fourth-order valence-electron chi connectivity index (χ4n) is 3.32. The molecule has 1 heterocycles. The van der Waals surface area contributed by atoms with E-state index < -0.39 is 5.25 Å². The monoisotopic (exact) mass is 481 g/mol. The van der Waals surface area contributed by atoms with E-state index in [0.717, 1.165) is 5.56 Å². The number of nitrogens with zero attached hydrogens (tertiary/aromatic N) is 2. The number of thioether (sulfide) groups is 1. The third kappa shape index (κ3) is 6.21. The zero-order valence-electron chi connectivity index (χ0n) is 17.6. The molecule has 4 rings (SSSR count). The van der Waals surface area contributed by atoms with Crippen molar-refractivity contribution in [3.05, 3.63) is 95.3 Å². The lowest BCUT2D eigenvalue weighted by Crippen LogP contribution is -2.46. The second-order valence-corrected chi connectivity index (χ2v) is 9.06. The number of carbonyl (C=O) groups is 2. The van der Waals surface area contributed by atoms with E-state index in [1.165, 1.54) is 23.9 Å². The Hall–Kier alpha value is -3.16. The maximum absolute atomic E-state index is 13.3. The molecule has 1 aliphatic rings. The summed E-state index contributed by atoms with van der Waals surface area (Å²) in [7, 11) is 0. The second kappa shape index (κ2) is 10.6. The van der Waals surface area contributed by atoms with Gasteiger partial charge < -0.3 is 5.32 Å². The third-order valence-corrected chi connectivity index (χ3v) is 6.50. The van der Waals surface area contributed by atoms with Crippen molar-refractivity contribution >= 4 is 51.7 Å². The van der Waals surface area contributed by atoms with Gasteiger partial charge in [0.15, 0.2) is 5.17 Å². The van der Waals surface area contributed by atoms with E-state index in [1.807, 2.05) is 30.3 Å². The van der Waals surface area contributed by atoms with Gasteiger partial charge >= 0.3 is 0 Å². The Morgan fingerprint density at radius 1 is 1.06 bits per heavy atom. The standard InChI is InChI=1S/C25H21ClFN3O2S/c26-18-8-6-17(7-9-18)14-15-30-23(31)16-22(24(32)28-20-4-2-1-3-5-20)33-25(30)29-21-12-10-19(27)11-13-21/h1-13,22H,14-16H2,(H,28,32). The molecule has 1 aliphatic heterocycles. The summed E-state index contributed by atoms with van der Waals surface area (Å²) in [5.74, 6) is -0.813. The molecule has 0 spiro atoms. The third-order valence-electron chi connectivity index (χ3n) is 5.06. The van der Waals surface area contributed by atoms with Gasteiger partial charge in [0.05, 0.1) is 5.69 Å². The molecule has 1 saturated heterocycles. The molecule has 33 heavy (non-hydrogen) atoms. The molecule has 2 amide bonds. The zero-order chi connectivity index (χ0) is 23.2. The maximum atomic E-state index is 13.3. The number of aliphatic imine (C=N–C) groups is 1. The van der Waals surface area contributed by atoms with Gasteiger partial charge in [-0.25, -0.2) is 9.38 Å². The molecule has 0 aliphatic carbocycles. The molecule has 1 unspecified atom stereocenters. The Morgan fingerprint density at radius 3 is 2.45 bits per heavy atom. The molecule has 3 aromatic rings. The minimum Gasteiger partial charge on any atom is -0.325 e. The van der Waals surface area contributed by atoms with Crippen LogP contribution in [-0.4, -0.2) is 33.7 Å². The molecule has 5 nitrogen and oxygen atoms in total. The number of hydrogen-bond donors (Lipinski definition) is 1. The van der Waals surface area contributed by atoms with Gasteiger partial charge in [-0.3, -0.25) is 14.5 Å². The lowest BCUT2D eigenvalue weighted by molar-refractivity contribution is -0.129. The first-order valence-corrected chi connectivity index (χ1v) is 11.7. The number of halogens is 2. The highest BCUT2D eigenvalue weighted by atomic mass is 35.5. The average Bonchev–Trinajstić information content (AvgIpc) is 2.81. The Balaban J connectivity index is 1.54. The highest BCUT2D eigenvalue weighted by molar-refractivity contribution is 8.15. The van der Waals surface area contributed by atoms with Crippen LogP contribution < -0.4 is 5.32 Å². The van der Waals surface area contributed by atoms with Gasteiger partial charge in [-0.1, -0.05) is 53.7 Å². The predicted octanol–water partition coefficient (Wildman–Crippen LogP) is 5.68. The van der Waals surface area contributed by atoms with Crippen LogP contribution in [0.2, 0.25) is 5.02 Å². The number of nitrogens with one attached hydrogen (secondary N) is 1. The Morgan fingerprint density at radius 2 is 1.76 bits per heavy atom. The number of amides is 2. The second-order valence-electron chi connectivity index (χ2n) is 7.46. The Labute approximate surface area is 200 Å². The summed E-state index contributed by atoms with van der Waals surface area (Å²) >= 11 is 7.20. The van der Waals surface area contributed by atoms with Crippen molar-refractivity contribution in [3.8, 4) is 0 Å². The minimum absolute atomic E-state index is 0.0619. The summed E-state index contributed by atoms with van der Waals surface area (Å²) in [5, 5.41) is 3.30. The molecule has 0 saturated carbocycles. The van der Waals surface area contributed by atoms with Crippen LogP contribution in [0.1, 0.15) is 12.0 Å². The van der Waals surface area contributed by atoms with Crippen molar-refractivity contribution < 1.29 is 14.0 Å². The van der Waals surface area contributed by atoms with Crippen LogP contribution in [0.4, 0.5) is 15.8 Å². The fourth-order valence-corrected chi connectivity index (χ4v) is 4.57. The Kier molecular flexibility index (Phi) is 7.42. The first-order chi connectivity index (χ1) is 16.0. The number of anilines is 1. The van der Waals surface area contributed by atoms with Crippen LogP contribution in [0.15, 0.2) is 83.9 Å². The lowest BCUT2D eigenvalue weighted by atomic mass is 10.1. The van der Waals surface area contributed by atoms with Crippen LogP contribution in [0.3, 0.4) is 0 Å². The molecule has 1 fully saturated rings. The van der Waals surface area contributed by atoms with Crippen molar-refractivity contribution in [2.45, 2.75) is 18.1 Å². The molecule has 1 atom stereocenters. The molecule has 168 valence electrons. The zero-order valence-corrected chi connectivity index (χ0v) is 19.2. The minimum atomic E-state index is -0.622. The highest BCUT2D eigenvalue weighted by Gasteiger charge is 2.35. The quantitative estimate of drug-likeness (QED) is 0.492. The molecule has 8 heteroatoms. The van der Waals surface area contributed by atoms with Crippen LogP contribution in [-0.2, 0) is 16.0 Å². The van der Waals surface area contributed by atoms with E-state index in [1.54, 1.807) is 41.3 Å². The molecular weight excluding hydrogens is 461 g/mol. The van der Waals surface area contributed by atoms with Crippen molar-refractivity contribution in [2.24, 2.45) is 4.99 Å². The number of rotatable bonds is 6. The molecule has 0 aromatic heterocycles. The van der Waals surface area contributed by atoms with Gasteiger partial charge in [0.2, 0.25) is 11.8 Å². The van der Waals surface area contributed by atoms with Crippen LogP contribution in [0.25, 0.3) is 0 Å². The van der Waals surface area contributed by atoms with E-state index in [2.05, 4.69) is 10.3 Å². The number of carbonyl (C=O) groups excluding carboxylic acids is 2. The van der Waals surface area contributed by atoms with Crippen molar-refractivity contribution in [2.75, 3.05) is 11.9 Å². The van der Waals surface area contributed by atoms with E-state index in [4.69, 9.17) is 11.6 Å². The van der Waals surface area contributed by atoms with Crippen LogP contribution >= 0.6 is 23.4 Å². The molecular formula is C25H21ClFN3O2S. The van der Waals surface area contributed by atoms with Crippen molar-refractivity contribution in [3.63, 3.8) is 0 Å². The summed E-state index contributed by atoms with van der Waals surface area (Å²) in [6.45, 7) is 0.403. The van der Waals surface area contributed by atoms with Crippen LogP contribution in [0, 0.1) is 5.82 Å². The first-order valence-electron chi connectivity index (χ1n) is 10.4. The number of para-hydroxylation sites is 1. The van der Waals surface area contributed by atoms with E-state index in [0.29, 0.717) is 34.5 Å². The molecule has 1 N–H and O–H groups in total. The number of benzene rings is 3. The van der Waals surface area contributed by atoms with Gasteiger partial charge in [0, 0.05) is 23.7 Å². The fraction of sp³-hybridized carbons (Fsp3) is 0.160. The molecule has 0 bridgehead atoms. The molecule has 0 radical (unpaired) electrons. The topological polar surface area (TPSA) is 61.8 Å². The van der Waals surface area contributed by atoms with Gasteiger partial charge in [-0.15, -0.1) is 0 Å².